The number of rotatable bonds is 6. The molecule has 1 aromatic heterocycles. The molecule has 6 nitrogen and oxygen atoms in total. The van der Waals surface area contributed by atoms with Crippen molar-refractivity contribution in [1.82, 2.24) is 20.2 Å². The summed E-state index contributed by atoms with van der Waals surface area (Å²) in [6, 6.07) is 9.84. The first-order chi connectivity index (χ1) is 9.79. The standard InChI is InChI=1S/C14H17N5O/c1-2-6-13(12-7-4-3-5-8-12)17-18-14(20)9-19-11-15-10-16-19/h3-5,7-8,10-11H,2,6,9H2,1H3,(H,18,20). The van der Waals surface area contributed by atoms with Crippen LogP contribution >= 0.6 is 0 Å². The topological polar surface area (TPSA) is 72.2 Å². The molecule has 0 fully saturated rings. The Kier molecular flexibility index (Phi) is 5.00. The summed E-state index contributed by atoms with van der Waals surface area (Å²) < 4.78 is 1.45. The molecule has 0 radical (unpaired) electrons. The lowest BCUT2D eigenvalue weighted by atomic mass is 10.1. The van der Waals surface area contributed by atoms with Crippen LogP contribution in [-0.4, -0.2) is 26.4 Å². The summed E-state index contributed by atoms with van der Waals surface area (Å²) in [6.45, 7) is 2.19. The molecule has 0 aliphatic carbocycles. The second-order valence-corrected chi connectivity index (χ2v) is 4.30. The predicted octanol–water partition coefficient (Wildman–Crippen LogP) is 1.60. The highest BCUT2D eigenvalue weighted by molar-refractivity contribution is 6.01. The molecule has 0 spiro atoms. The Morgan fingerprint density at radius 2 is 2.15 bits per heavy atom. The smallest absolute Gasteiger partial charge is 0.261 e. The molecule has 0 saturated heterocycles. The maximum Gasteiger partial charge on any atom is 0.261 e. The van der Waals surface area contributed by atoms with Crippen LogP contribution in [0.25, 0.3) is 0 Å². The number of hydrogen-bond acceptors (Lipinski definition) is 4. The van der Waals surface area contributed by atoms with Gasteiger partial charge < -0.3 is 0 Å². The van der Waals surface area contributed by atoms with Crippen molar-refractivity contribution in [2.45, 2.75) is 26.3 Å². The van der Waals surface area contributed by atoms with Gasteiger partial charge in [-0.15, -0.1) is 0 Å². The van der Waals surface area contributed by atoms with Crippen molar-refractivity contribution in [3.05, 3.63) is 48.5 Å². The van der Waals surface area contributed by atoms with Crippen molar-refractivity contribution < 1.29 is 4.79 Å². The van der Waals surface area contributed by atoms with Gasteiger partial charge in [-0.1, -0.05) is 43.7 Å². The van der Waals surface area contributed by atoms with Gasteiger partial charge in [0.05, 0.1) is 5.71 Å². The fourth-order valence-corrected chi connectivity index (χ4v) is 1.76. The first kappa shape index (κ1) is 13.9. The fourth-order valence-electron chi connectivity index (χ4n) is 1.76. The molecule has 2 aromatic rings. The second-order valence-electron chi connectivity index (χ2n) is 4.30. The fraction of sp³-hybridized carbons (Fsp3) is 0.286. The van der Waals surface area contributed by atoms with E-state index in [-0.39, 0.29) is 12.5 Å². The Bertz CT molecular complexity index is 563. The normalized spacial score (nSPS) is 11.3. The minimum Gasteiger partial charge on any atom is -0.271 e. The summed E-state index contributed by atoms with van der Waals surface area (Å²) in [6.07, 6.45) is 4.66. The molecule has 0 aliphatic heterocycles. The van der Waals surface area contributed by atoms with Crippen LogP contribution in [0, 0.1) is 0 Å². The zero-order valence-corrected chi connectivity index (χ0v) is 11.4. The molecule has 0 atom stereocenters. The van der Waals surface area contributed by atoms with E-state index in [4.69, 9.17) is 0 Å². The third-order valence-electron chi connectivity index (χ3n) is 2.68. The molecule has 0 bridgehead atoms. The van der Waals surface area contributed by atoms with E-state index in [0.717, 1.165) is 24.1 Å². The maximum absolute atomic E-state index is 11.7. The maximum atomic E-state index is 11.7. The highest BCUT2D eigenvalue weighted by Gasteiger charge is 2.05. The van der Waals surface area contributed by atoms with E-state index in [1.54, 1.807) is 0 Å². The van der Waals surface area contributed by atoms with E-state index in [0.29, 0.717) is 0 Å². The number of hydrogen-bond donors (Lipinski definition) is 1. The van der Waals surface area contributed by atoms with E-state index < -0.39 is 0 Å². The van der Waals surface area contributed by atoms with Gasteiger partial charge in [-0.3, -0.25) is 4.79 Å². The van der Waals surface area contributed by atoms with Crippen molar-refractivity contribution in [2.24, 2.45) is 5.10 Å². The summed E-state index contributed by atoms with van der Waals surface area (Å²) in [4.78, 5) is 15.5. The number of hydrazone groups is 1. The second kappa shape index (κ2) is 7.18. The van der Waals surface area contributed by atoms with Crippen molar-refractivity contribution in [3.8, 4) is 0 Å². The van der Waals surface area contributed by atoms with Crippen LogP contribution in [0.1, 0.15) is 25.3 Å². The van der Waals surface area contributed by atoms with Crippen molar-refractivity contribution in [3.63, 3.8) is 0 Å². The van der Waals surface area contributed by atoms with E-state index in [9.17, 15) is 4.79 Å². The van der Waals surface area contributed by atoms with E-state index in [2.05, 4.69) is 27.5 Å². The van der Waals surface area contributed by atoms with Crippen LogP contribution in [-0.2, 0) is 11.3 Å². The first-order valence-electron chi connectivity index (χ1n) is 6.53. The van der Waals surface area contributed by atoms with Gasteiger partial charge in [0.2, 0.25) is 0 Å². The summed E-state index contributed by atoms with van der Waals surface area (Å²) in [5, 5.41) is 8.09. The average Bonchev–Trinajstić information content (AvgIpc) is 2.97. The van der Waals surface area contributed by atoms with Crippen LogP contribution in [0.5, 0.6) is 0 Å². The van der Waals surface area contributed by atoms with Crippen molar-refractivity contribution in [2.75, 3.05) is 0 Å². The Balaban J connectivity index is 2.00. The highest BCUT2D eigenvalue weighted by Crippen LogP contribution is 2.05. The van der Waals surface area contributed by atoms with E-state index in [1.165, 1.54) is 17.3 Å². The molecular formula is C14H17N5O. The third kappa shape index (κ3) is 4.01. The number of aromatic nitrogens is 3. The predicted molar refractivity (Wildman–Crippen MR) is 76.1 cm³/mol. The van der Waals surface area contributed by atoms with Crippen LogP contribution in [0.3, 0.4) is 0 Å². The van der Waals surface area contributed by atoms with Gasteiger partial charge in [0.25, 0.3) is 5.91 Å². The van der Waals surface area contributed by atoms with Crippen LogP contribution in [0.4, 0.5) is 0 Å². The average molecular weight is 271 g/mol. The molecule has 2 rings (SSSR count). The molecule has 6 heteroatoms. The zero-order valence-electron chi connectivity index (χ0n) is 11.4. The molecule has 1 aromatic carbocycles. The largest absolute Gasteiger partial charge is 0.271 e. The summed E-state index contributed by atoms with van der Waals surface area (Å²) in [7, 11) is 0. The lowest BCUT2D eigenvalue weighted by Gasteiger charge is -2.06. The number of nitrogens with one attached hydrogen (secondary N) is 1. The minimum atomic E-state index is -0.222. The first-order valence-corrected chi connectivity index (χ1v) is 6.53. The Morgan fingerprint density at radius 1 is 1.35 bits per heavy atom. The van der Waals surface area contributed by atoms with Crippen LogP contribution in [0.15, 0.2) is 48.1 Å². The molecule has 0 saturated carbocycles. The molecule has 1 amide bonds. The van der Waals surface area contributed by atoms with Crippen molar-refractivity contribution >= 4 is 11.6 Å². The minimum absolute atomic E-state index is 0.109. The molecule has 1 N–H and O–H groups in total. The quantitative estimate of drug-likeness (QED) is 0.640. The summed E-state index contributed by atoms with van der Waals surface area (Å²) in [5.74, 6) is -0.222. The van der Waals surface area contributed by atoms with Gasteiger partial charge in [-0.25, -0.2) is 15.1 Å². The molecule has 1 heterocycles. The highest BCUT2D eigenvalue weighted by atomic mass is 16.2. The van der Waals surface area contributed by atoms with Crippen molar-refractivity contribution in [1.29, 1.82) is 0 Å². The van der Waals surface area contributed by atoms with Gasteiger partial charge in [0.1, 0.15) is 19.2 Å². The van der Waals surface area contributed by atoms with Gasteiger partial charge in [-0.05, 0) is 12.0 Å². The van der Waals surface area contributed by atoms with E-state index >= 15 is 0 Å². The SMILES string of the molecule is CCCC(=NNC(=O)Cn1cncn1)c1ccccc1. The molecule has 0 aliphatic rings. The number of carbonyl (C=O) groups excluding carboxylic acids is 1. The van der Waals surface area contributed by atoms with Crippen LogP contribution in [0.2, 0.25) is 0 Å². The number of nitrogens with zero attached hydrogens (tertiary/aromatic N) is 4. The number of carbonyl (C=O) groups is 1. The van der Waals surface area contributed by atoms with E-state index in [1.807, 2.05) is 30.3 Å². The molecular weight excluding hydrogens is 254 g/mol. The Hall–Kier alpha value is -2.50. The monoisotopic (exact) mass is 271 g/mol. The van der Waals surface area contributed by atoms with Gasteiger partial charge >= 0.3 is 0 Å². The number of amides is 1. The van der Waals surface area contributed by atoms with Gasteiger partial charge in [-0.2, -0.15) is 10.2 Å². The molecule has 20 heavy (non-hydrogen) atoms. The van der Waals surface area contributed by atoms with Gasteiger partial charge in [0, 0.05) is 0 Å². The molecule has 0 unspecified atom stereocenters. The Morgan fingerprint density at radius 3 is 2.80 bits per heavy atom. The third-order valence-corrected chi connectivity index (χ3v) is 2.68. The Labute approximate surface area is 117 Å². The molecule has 104 valence electrons. The lowest BCUT2D eigenvalue weighted by Crippen LogP contribution is -2.25. The van der Waals surface area contributed by atoms with Crippen LogP contribution < -0.4 is 5.43 Å². The van der Waals surface area contributed by atoms with Gasteiger partial charge in [0.15, 0.2) is 0 Å². The number of benzene rings is 1. The zero-order chi connectivity index (χ0) is 14.2. The summed E-state index contributed by atoms with van der Waals surface area (Å²) in [5.41, 5.74) is 4.46. The lowest BCUT2D eigenvalue weighted by molar-refractivity contribution is -0.121. The summed E-state index contributed by atoms with van der Waals surface area (Å²) >= 11 is 0.